The third kappa shape index (κ3) is 2.60. The Morgan fingerprint density at radius 1 is 0.762 bits per heavy atom. The van der Waals surface area contributed by atoms with Crippen molar-refractivity contribution in [1.29, 1.82) is 0 Å². The van der Waals surface area contributed by atoms with Crippen LogP contribution < -0.4 is 0 Å². The molecule has 0 radical (unpaired) electrons. The fraction of sp³-hybridized carbons (Fsp3) is 0.200. The van der Waals surface area contributed by atoms with E-state index in [4.69, 9.17) is 0 Å². The van der Waals surface area contributed by atoms with Crippen LogP contribution in [0.25, 0.3) is 0 Å². The maximum absolute atomic E-state index is 11.2. The molecule has 0 atom stereocenters. The molecule has 2 aromatic rings. The van der Waals surface area contributed by atoms with Gasteiger partial charge in [0.1, 0.15) is 0 Å². The molecule has 0 aliphatic heterocycles. The number of nitrogens with zero attached hydrogens (tertiary/aromatic N) is 2. The number of nitro benzene ring substituents is 2. The van der Waals surface area contributed by atoms with Gasteiger partial charge in [-0.1, -0.05) is 50.2 Å². The highest BCUT2D eigenvalue weighted by molar-refractivity contribution is 5.55. The summed E-state index contributed by atoms with van der Waals surface area (Å²) < 4.78 is 0. The Labute approximate surface area is 121 Å². The number of benzene rings is 2. The summed E-state index contributed by atoms with van der Waals surface area (Å²) in [6, 6.07) is 12.6. The Hall–Kier alpha value is -2.76. The second-order valence-corrected chi connectivity index (χ2v) is 5.17. The fourth-order valence-corrected chi connectivity index (χ4v) is 2.47. The minimum atomic E-state index is -0.854. The maximum Gasteiger partial charge on any atom is 0.273 e. The van der Waals surface area contributed by atoms with Gasteiger partial charge in [-0.15, -0.1) is 0 Å². The Kier molecular flexibility index (Phi) is 3.71. The van der Waals surface area contributed by atoms with E-state index in [1.807, 2.05) is 0 Å². The lowest BCUT2D eigenvalue weighted by Crippen LogP contribution is -2.21. The Balaban J connectivity index is 2.69. The highest BCUT2D eigenvalue weighted by atomic mass is 16.6. The molecule has 0 unspecified atom stereocenters. The predicted molar refractivity (Wildman–Crippen MR) is 78.3 cm³/mol. The summed E-state index contributed by atoms with van der Waals surface area (Å²) in [5.74, 6) is 0. The van der Waals surface area contributed by atoms with Crippen LogP contribution in [0, 0.1) is 20.2 Å². The van der Waals surface area contributed by atoms with E-state index in [0.29, 0.717) is 11.1 Å². The van der Waals surface area contributed by atoms with Crippen LogP contribution in [0.1, 0.15) is 25.0 Å². The summed E-state index contributed by atoms with van der Waals surface area (Å²) in [5.41, 5.74) is -0.0391. The van der Waals surface area contributed by atoms with Crippen molar-refractivity contribution >= 4 is 11.4 Å². The third-order valence-corrected chi connectivity index (χ3v) is 3.55. The highest BCUT2D eigenvalue weighted by Gasteiger charge is 2.35. The van der Waals surface area contributed by atoms with Gasteiger partial charge < -0.3 is 0 Å². The van der Waals surface area contributed by atoms with Crippen molar-refractivity contribution < 1.29 is 9.85 Å². The molecule has 0 N–H and O–H groups in total. The zero-order valence-electron chi connectivity index (χ0n) is 11.6. The zero-order valence-corrected chi connectivity index (χ0v) is 11.6. The van der Waals surface area contributed by atoms with Gasteiger partial charge in [-0.05, 0) is 0 Å². The minimum Gasteiger partial charge on any atom is -0.258 e. The molecule has 0 spiro atoms. The molecule has 0 fully saturated rings. The lowest BCUT2D eigenvalue weighted by molar-refractivity contribution is -0.387. The molecule has 0 amide bonds. The zero-order chi connectivity index (χ0) is 15.6. The van der Waals surface area contributed by atoms with Crippen molar-refractivity contribution in [3.63, 3.8) is 0 Å². The smallest absolute Gasteiger partial charge is 0.258 e. The average molecular weight is 286 g/mol. The van der Waals surface area contributed by atoms with E-state index in [1.165, 1.54) is 12.1 Å². The number of hydrogen-bond acceptors (Lipinski definition) is 4. The van der Waals surface area contributed by atoms with Gasteiger partial charge in [0.2, 0.25) is 0 Å². The van der Waals surface area contributed by atoms with Crippen LogP contribution in [0.3, 0.4) is 0 Å². The van der Waals surface area contributed by atoms with Crippen molar-refractivity contribution in [1.82, 2.24) is 0 Å². The van der Waals surface area contributed by atoms with Gasteiger partial charge in [0, 0.05) is 28.7 Å². The molecule has 0 aromatic heterocycles. The van der Waals surface area contributed by atoms with Crippen LogP contribution >= 0.6 is 0 Å². The largest absolute Gasteiger partial charge is 0.273 e. The molecular weight excluding hydrogens is 272 g/mol. The Morgan fingerprint density at radius 3 is 1.43 bits per heavy atom. The first-order valence-electron chi connectivity index (χ1n) is 6.33. The number of hydrogen-bond donors (Lipinski definition) is 0. The van der Waals surface area contributed by atoms with Crippen LogP contribution in [-0.2, 0) is 5.41 Å². The maximum atomic E-state index is 11.2. The number of para-hydroxylation sites is 2. The predicted octanol–water partition coefficient (Wildman–Crippen LogP) is 3.83. The van der Waals surface area contributed by atoms with Gasteiger partial charge in [-0.25, -0.2) is 0 Å². The molecule has 0 aliphatic carbocycles. The summed E-state index contributed by atoms with van der Waals surface area (Å²) in [7, 11) is 0. The molecule has 0 saturated carbocycles. The standard InChI is InChI=1S/C15H14N2O4/c1-15(2,11-7-3-5-9-13(11)16(18)19)12-8-4-6-10-14(12)17(20)21/h3-10H,1-2H3. The molecule has 21 heavy (non-hydrogen) atoms. The van der Waals surface area contributed by atoms with Gasteiger partial charge in [0.25, 0.3) is 11.4 Å². The van der Waals surface area contributed by atoms with E-state index < -0.39 is 15.3 Å². The van der Waals surface area contributed by atoms with Gasteiger partial charge in [0.15, 0.2) is 0 Å². The number of rotatable bonds is 4. The molecule has 6 heteroatoms. The van der Waals surface area contributed by atoms with Crippen LogP contribution in [-0.4, -0.2) is 9.85 Å². The molecule has 6 nitrogen and oxygen atoms in total. The van der Waals surface area contributed by atoms with Gasteiger partial charge in [-0.2, -0.15) is 0 Å². The summed E-state index contributed by atoms with van der Waals surface area (Å²) in [4.78, 5) is 21.4. The number of nitro groups is 2. The SMILES string of the molecule is CC(C)(c1ccccc1[N+](=O)[O-])c1ccccc1[N+](=O)[O-]. The topological polar surface area (TPSA) is 86.3 Å². The van der Waals surface area contributed by atoms with Crippen molar-refractivity contribution in [2.75, 3.05) is 0 Å². The summed E-state index contributed by atoms with van der Waals surface area (Å²) in [6.45, 7) is 3.50. The Morgan fingerprint density at radius 2 is 1.10 bits per heavy atom. The molecule has 0 bridgehead atoms. The average Bonchev–Trinajstić information content (AvgIpc) is 2.47. The summed E-state index contributed by atoms with van der Waals surface area (Å²) in [5, 5.41) is 22.4. The van der Waals surface area contributed by atoms with Crippen LogP contribution in [0.2, 0.25) is 0 Å². The fourth-order valence-electron chi connectivity index (χ4n) is 2.47. The van der Waals surface area contributed by atoms with Gasteiger partial charge in [-0.3, -0.25) is 20.2 Å². The van der Waals surface area contributed by atoms with Crippen molar-refractivity contribution in [3.05, 3.63) is 79.9 Å². The van der Waals surface area contributed by atoms with E-state index in [2.05, 4.69) is 0 Å². The molecule has 2 aromatic carbocycles. The minimum absolute atomic E-state index is 0.0411. The van der Waals surface area contributed by atoms with E-state index in [-0.39, 0.29) is 11.4 Å². The lowest BCUT2D eigenvalue weighted by atomic mass is 9.76. The van der Waals surface area contributed by atoms with Crippen molar-refractivity contribution in [2.45, 2.75) is 19.3 Å². The van der Waals surface area contributed by atoms with Crippen LogP contribution in [0.5, 0.6) is 0 Å². The van der Waals surface area contributed by atoms with Crippen molar-refractivity contribution in [2.24, 2.45) is 0 Å². The quantitative estimate of drug-likeness (QED) is 0.631. The molecule has 0 saturated heterocycles. The third-order valence-electron chi connectivity index (χ3n) is 3.55. The monoisotopic (exact) mass is 286 g/mol. The first kappa shape index (κ1) is 14.6. The lowest BCUT2D eigenvalue weighted by Gasteiger charge is -2.25. The van der Waals surface area contributed by atoms with E-state index >= 15 is 0 Å². The van der Waals surface area contributed by atoms with E-state index in [1.54, 1.807) is 50.2 Å². The normalized spacial score (nSPS) is 11.1. The second kappa shape index (κ2) is 5.32. The van der Waals surface area contributed by atoms with Crippen molar-refractivity contribution in [3.8, 4) is 0 Å². The molecular formula is C15H14N2O4. The first-order chi connectivity index (χ1) is 9.85. The van der Waals surface area contributed by atoms with Crippen LogP contribution in [0.4, 0.5) is 11.4 Å². The molecule has 0 heterocycles. The second-order valence-electron chi connectivity index (χ2n) is 5.17. The molecule has 0 aliphatic rings. The summed E-state index contributed by atoms with van der Waals surface area (Å²) in [6.07, 6.45) is 0. The molecule has 108 valence electrons. The highest BCUT2D eigenvalue weighted by Crippen LogP contribution is 2.40. The molecule has 2 rings (SSSR count). The van der Waals surface area contributed by atoms with E-state index in [9.17, 15) is 20.2 Å². The Bertz CT molecular complexity index is 651. The van der Waals surface area contributed by atoms with E-state index in [0.717, 1.165) is 0 Å². The van der Waals surface area contributed by atoms with Crippen LogP contribution in [0.15, 0.2) is 48.5 Å². The van der Waals surface area contributed by atoms with Gasteiger partial charge in [0.05, 0.1) is 9.85 Å². The summed E-state index contributed by atoms with van der Waals surface area (Å²) >= 11 is 0. The first-order valence-corrected chi connectivity index (χ1v) is 6.33. The van der Waals surface area contributed by atoms with Gasteiger partial charge >= 0.3 is 0 Å².